The molecule has 0 spiro atoms. The van der Waals surface area contributed by atoms with Crippen LogP contribution in [0.3, 0.4) is 0 Å². The Kier molecular flexibility index (Phi) is 6.52. The summed E-state index contributed by atoms with van der Waals surface area (Å²) in [6.07, 6.45) is 4.40. The summed E-state index contributed by atoms with van der Waals surface area (Å²) in [5, 5.41) is 5.05. The van der Waals surface area contributed by atoms with Gasteiger partial charge in [0.05, 0.1) is 12.5 Å². The van der Waals surface area contributed by atoms with Crippen LogP contribution in [0.5, 0.6) is 0 Å². The molecule has 0 radical (unpaired) electrons. The quantitative estimate of drug-likeness (QED) is 0.601. The van der Waals surface area contributed by atoms with Crippen LogP contribution in [0.25, 0.3) is 10.8 Å². The van der Waals surface area contributed by atoms with Gasteiger partial charge in [-0.2, -0.15) is 0 Å². The second-order valence-electron chi connectivity index (χ2n) is 6.40. The Morgan fingerprint density at radius 3 is 2.70 bits per heavy atom. The predicted octanol–water partition coefficient (Wildman–Crippen LogP) is 3.49. The average molecular weight is 363 g/mol. The second-order valence-corrected chi connectivity index (χ2v) is 6.40. The number of nitrogens with one attached hydrogen (secondary N) is 1. The van der Waals surface area contributed by atoms with Crippen molar-refractivity contribution in [2.75, 3.05) is 25.1 Å². The summed E-state index contributed by atoms with van der Waals surface area (Å²) >= 11 is 0. The zero-order valence-corrected chi connectivity index (χ0v) is 15.5. The number of nitrogens with two attached hydrogens (primary N) is 1. The van der Waals surface area contributed by atoms with Gasteiger partial charge in [0.25, 0.3) is 0 Å². The molecule has 1 aromatic heterocycles. The summed E-state index contributed by atoms with van der Waals surface area (Å²) in [5.74, 6) is -0.493. The van der Waals surface area contributed by atoms with Crippen molar-refractivity contribution in [3.63, 3.8) is 0 Å². The molecule has 140 valence electrons. The van der Waals surface area contributed by atoms with Crippen molar-refractivity contribution in [3.8, 4) is 0 Å². The fraction of sp³-hybridized carbons (Fsp3) is 0.273. The van der Waals surface area contributed by atoms with E-state index in [1.807, 2.05) is 55.5 Å². The van der Waals surface area contributed by atoms with Gasteiger partial charge in [0.1, 0.15) is 0 Å². The number of nitrogens with zero attached hydrogens (tertiary/aromatic N) is 1. The summed E-state index contributed by atoms with van der Waals surface area (Å²) in [7, 11) is 0. The molecular formula is C22H25N3O2. The smallest absolute Gasteiger partial charge is 0.233 e. The molecule has 5 heteroatoms. The van der Waals surface area contributed by atoms with Crippen LogP contribution in [-0.4, -0.2) is 30.6 Å². The first-order chi connectivity index (χ1) is 13.2. The van der Waals surface area contributed by atoms with Gasteiger partial charge in [0, 0.05) is 36.6 Å². The summed E-state index contributed by atoms with van der Waals surface area (Å²) in [6, 6.07) is 15.7. The lowest BCUT2D eigenvalue weighted by molar-refractivity contribution is -0.117. The number of rotatable bonds is 8. The Labute approximate surface area is 159 Å². The molecule has 3 N–H and O–H groups in total. The van der Waals surface area contributed by atoms with Gasteiger partial charge in [-0.05, 0) is 48.1 Å². The van der Waals surface area contributed by atoms with Crippen LogP contribution in [0.1, 0.15) is 24.0 Å². The number of carbonyl (C=O) groups excluding carboxylic acids is 1. The second kappa shape index (κ2) is 9.26. The first kappa shape index (κ1) is 19.0. The van der Waals surface area contributed by atoms with E-state index in [0.29, 0.717) is 6.61 Å². The van der Waals surface area contributed by atoms with Gasteiger partial charge in [0.15, 0.2) is 0 Å². The molecule has 5 nitrogen and oxygen atoms in total. The standard InChI is InChI=1S/C22H25N3O2/c1-2-27-12-10-16-3-5-17(6-4-16)21(14-23)22(26)25-20-8-7-19-15-24-11-9-18(19)13-20/h3-9,11,13,15,21H,2,10,12,14,23H2,1H3,(H,25,26)/t21-/m1/s1. The third kappa shape index (κ3) is 4.90. The van der Waals surface area contributed by atoms with E-state index in [4.69, 9.17) is 10.5 Å². The van der Waals surface area contributed by atoms with Crippen molar-refractivity contribution in [3.05, 3.63) is 72.1 Å². The van der Waals surface area contributed by atoms with Gasteiger partial charge in [-0.1, -0.05) is 30.3 Å². The Morgan fingerprint density at radius 1 is 1.15 bits per heavy atom. The van der Waals surface area contributed by atoms with Crippen molar-refractivity contribution < 1.29 is 9.53 Å². The lowest BCUT2D eigenvalue weighted by atomic mass is 9.96. The van der Waals surface area contributed by atoms with Gasteiger partial charge in [-0.3, -0.25) is 9.78 Å². The molecule has 2 aromatic carbocycles. The Balaban J connectivity index is 1.69. The Hall–Kier alpha value is -2.76. The fourth-order valence-electron chi connectivity index (χ4n) is 3.04. The van der Waals surface area contributed by atoms with Gasteiger partial charge < -0.3 is 15.8 Å². The molecule has 0 aliphatic heterocycles. The van der Waals surface area contributed by atoms with Gasteiger partial charge in [-0.25, -0.2) is 0 Å². The Bertz CT molecular complexity index is 893. The zero-order chi connectivity index (χ0) is 19.1. The maximum Gasteiger partial charge on any atom is 0.233 e. The molecule has 3 aromatic rings. The SMILES string of the molecule is CCOCCc1ccc([C@@H](CN)C(=O)Nc2ccc3cnccc3c2)cc1. The molecule has 3 rings (SSSR count). The predicted molar refractivity (Wildman–Crippen MR) is 109 cm³/mol. The van der Waals surface area contributed by atoms with E-state index >= 15 is 0 Å². The number of fused-ring (bicyclic) bond motifs is 1. The number of anilines is 1. The van der Waals surface area contributed by atoms with E-state index in [-0.39, 0.29) is 18.4 Å². The number of pyridine rings is 1. The minimum atomic E-state index is -0.390. The monoisotopic (exact) mass is 363 g/mol. The zero-order valence-electron chi connectivity index (χ0n) is 15.5. The third-order valence-corrected chi connectivity index (χ3v) is 4.58. The largest absolute Gasteiger partial charge is 0.381 e. The molecule has 0 saturated carbocycles. The summed E-state index contributed by atoms with van der Waals surface area (Å²) < 4.78 is 5.38. The van der Waals surface area contributed by atoms with Crippen molar-refractivity contribution in [1.82, 2.24) is 4.98 Å². The van der Waals surface area contributed by atoms with Crippen LogP contribution in [0.15, 0.2) is 60.9 Å². The highest BCUT2D eigenvalue weighted by molar-refractivity contribution is 5.98. The van der Waals surface area contributed by atoms with Crippen LogP contribution >= 0.6 is 0 Å². The summed E-state index contributed by atoms with van der Waals surface area (Å²) in [6.45, 7) is 3.66. The lowest BCUT2D eigenvalue weighted by Crippen LogP contribution is -2.27. The number of amides is 1. The third-order valence-electron chi connectivity index (χ3n) is 4.58. The highest BCUT2D eigenvalue weighted by Crippen LogP contribution is 2.21. The van der Waals surface area contributed by atoms with E-state index in [2.05, 4.69) is 10.3 Å². The highest BCUT2D eigenvalue weighted by atomic mass is 16.5. The Morgan fingerprint density at radius 2 is 1.96 bits per heavy atom. The maximum absolute atomic E-state index is 12.8. The number of hydrogen-bond acceptors (Lipinski definition) is 4. The van der Waals surface area contributed by atoms with Crippen LogP contribution in [-0.2, 0) is 16.0 Å². The van der Waals surface area contributed by atoms with Crippen molar-refractivity contribution in [2.24, 2.45) is 5.73 Å². The highest BCUT2D eigenvalue weighted by Gasteiger charge is 2.19. The topological polar surface area (TPSA) is 77.2 Å². The average Bonchev–Trinajstić information content (AvgIpc) is 2.70. The molecule has 0 aliphatic rings. The van der Waals surface area contributed by atoms with E-state index in [1.54, 1.807) is 12.4 Å². The molecule has 0 fully saturated rings. The van der Waals surface area contributed by atoms with Crippen LogP contribution in [0.2, 0.25) is 0 Å². The van der Waals surface area contributed by atoms with E-state index in [0.717, 1.165) is 35.1 Å². The molecule has 1 heterocycles. The molecule has 1 atom stereocenters. The van der Waals surface area contributed by atoms with Gasteiger partial charge >= 0.3 is 0 Å². The van der Waals surface area contributed by atoms with E-state index in [9.17, 15) is 4.79 Å². The number of benzene rings is 2. The van der Waals surface area contributed by atoms with Gasteiger partial charge in [0.2, 0.25) is 5.91 Å². The van der Waals surface area contributed by atoms with Gasteiger partial charge in [-0.15, -0.1) is 0 Å². The number of aromatic nitrogens is 1. The lowest BCUT2D eigenvalue weighted by Gasteiger charge is -2.16. The van der Waals surface area contributed by atoms with E-state index in [1.165, 1.54) is 5.56 Å². The van der Waals surface area contributed by atoms with Crippen molar-refractivity contribution >= 4 is 22.4 Å². The number of carbonyl (C=O) groups is 1. The van der Waals surface area contributed by atoms with Crippen LogP contribution in [0.4, 0.5) is 5.69 Å². The van der Waals surface area contributed by atoms with E-state index < -0.39 is 0 Å². The minimum Gasteiger partial charge on any atom is -0.381 e. The molecule has 1 amide bonds. The molecule has 0 unspecified atom stereocenters. The number of hydrogen-bond donors (Lipinski definition) is 2. The van der Waals surface area contributed by atoms with Crippen molar-refractivity contribution in [1.29, 1.82) is 0 Å². The molecule has 0 saturated heterocycles. The molecular weight excluding hydrogens is 338 g/mol. The fourth-order valence-corrected chi connectivity index (χ4v) is 3.04. The number of ether oxygens (including phenoxy) is 1. The van der Waals surface area contributed by atoms with Crippen molar-refractivity contribution in [2.45, 2.75) is 19.3 Å². The first-order valence-electron chi connectivity index (χ1n) is 9.22. The van der Waals surface area contributed by atoms with Crippen LogP contribution < -0.4 is 11.1 Å². The molecule has 0 aliphatic carbocycles. The molecule has 27 heavy (non-hydrogen) atoms. The molecule has 0 bridgehead atoms. The van der Waals surface area contributed by atoms with Crippen LogP contribution in [0, 0.1) is 0 Å². The normalized spacial score (nSPS) is 12.1. The summed E-state index contributed by atoms with van der Waals surface area (Å²) in [4.78, 5) is 16.9. The maximum atomic E-state index is 12.8. The first-order valence-corrected chi connectivity index (χ1v) is 9.22. The minimum absolute atomic E-state index is 0.104. The summed E-state index contributed by atoms with van der Waals surface area (Å²) in [5.41, 5.74) is 8.76.